The van der Waals surface area contributed by atoms with E-state index in [1.165, 1.54) is 11.4 Å². The maximum Gasteiger partial charge on any atom is 0.265 e. The lowest BCUT2D eigenvalue weighted by Crippen LogP contribution is -2.26. The van der Waals surface area contributed by atoms with Crippen LogP contribution in [0.25, 0.3) is 0 Å². The zero-order valence-electron chi connectivity index (χ0n) is 11.4. The van der Waals surface area contributed by atoms with Gasteiger partial charge in [0.1, 0.15) is 10.6 Å². The maximum atomic E-state index is 12.7. The molecule has 4 nitrogen and oxygen atoms in total. The molecule has 112 valence electrons. The van der Waals surface area contributed by atoms with Crippen LogP contribution in [0.3, 0.4) is 0 Å². The van der Waals surface area contributed by atoms with Crippen LogP contribution < -0.4 is 9.04 Å². The highest BCUT2D eigenvalue weighted by Crippen LogP contribution is 2.30. The van der Waals surface area contributed by atoms with Gasteiger partial charge in [-0.1, -0.05) is 15.9 Å². The van der Waals surface area contributed by atoms with Gasteiger partial charge in [0.2, 0.25) is 0 Å². The second-order valence-electron chi connectivity index (χ2n) is 4.25. The second kappa shape index (κ2) is 6.37. The molecule has 21 heavy (non-hydrogen) atoms. The van der Waals surface area contributed by atoms with Crippen LogP contribution in [0.4, 0.5) is 5.69 Å². The monoisotopic (exact) mass is 433 g/mol. The van der Waals surface area contributed by atoms with Crippen molar-refractivity contribution in [1.82, 2.24) is 0 Å². The molecule has 0 amide bonds. The van der Waals surface area contributed by atoms with Gasteiger partial charge in [-0.2, -0.15) is 0 Å². The van der Waals surface area contributed by atoms with Crippen LogP contribution in [0.5, 0.6) is 5.75 Å². The van der Waals surface area contributed by atoms with E-state index in [0.717, 1.165) is 0 Å². The van der Waals surface area contributed by atoms with E-state index in [1.54, 1.807) is 49.6 Å². The van der Waals surface area contributed by atoms with Crippen molar-refractivity contribution in [2.24, 2.45) is 0 Å². The molecule has 0 aliphatic rings. The molecule has 0 heterocycles. The van der Waals surface area contributed by atoms with Gasteiger partial charge in [0.15, 0.2) is 0 Å². The van der Waals surface area contributed by atoms with Crippen molar-refractivity contribution in [3.63, 3.8) is 0 Å². The molecule has 0 radical (unpaired) electrons. The van der Waals surface area contributed by atoms with Gasteiger partial charge in [-0.05, 0) is 58.4 Å². The molecule has 0 N–H and O–H groups in total. The minimum Gasteiger partial charge on any atom is -0.497 e. The number of nitrogens with zero attached hydrogens (tertiary/aromatic N) is 1. The number of hydrogen-bond acceptors (Lipinski definition) is 3. The summed E-state index contributed by atoms with van der Waals surface area (Å²) < 4.78 is 32.9. The molecule has 0 saturated heterocycles. The summed E-state index contributed by atoms with van der Waals surface area (Å²) in [5.74, 6) is 0.674. The van der Waals surface area contributed by atoms with Gasteiger partial charge in [0.25, 0.3) is 10.0 Å². The first-order chi connectivity index (χ1) is 9.86. The standard InChI is InChI=1S/C14H13Br2NO3S/c1-17(11-4-6-12(20-2)7-5-11)21(18,19)14-9-10(15)3-8-13(14)16/h3-9H,1-2H3. The minimum absolute atomic E-state index is 0.204. The van der Waals surface area contributed by atoms with Gasteiger partial charge in [-0.25, -0.2) is 8.42 Å². The van der Waals surface area contributed by atoms with Gasteiger partial charge in [0.05, 0.1) is 12.8 Å². The highest BCUT2D eigenvalue weighted by molar-refractivity contribution is 9.11. The maximum absolute atomic E-state index is 12.7. The summed E-state index contributed by atoms with van der Waals surface area (Å²) in [6.45, 7) is 0. The Labute approximate surface area is 141 Å². The SMILES string of the molecule is COc1ccc(N(C)S(=O)(=O)c2cc(Br)ccc2Br)cc1. The molecule has 0 saturated carbocycles. The average Bonchev–Trinajstić information content (AvgIpc) is 2.49. The molecule has 0 aliphatic carbocycles. The summed E-state index contributed by atoms with van der Waals surface area (Å²) in [5.41, 5.74) is 0.558. The van der Waals surface area contributed by atoms with Crippen molar-refractivity contribution >= 4 is 47.6 Å². The van der Waals surface area contributed by atoms with Crippen LogP contribution in [0.2, 0.25) is 0 Å². The van der Waals surface area contributed by atoms with Crippen molar-refractivity contribution < 1.29 is 13.2 Å². The number of sulfonamides is 1. The van der Waals surface area contributed by atoms with E-state index in [-0.39, 0.29) is 4.90 Å². The van der Waals surface area contributed by atoms with Crippen molar-refractivity contribution in [3.05, 3.63) is 51.4 Å². The summed E-state index contributed by atoms with van der Waals surface area (Å²) in [7, 11) is -0.567. The Hall–Kier alpha value is -1.05. The summed E-state index contributed by atoms with van der Waals surface area (Å²) in [6.07, 6.45) is 0. The van der Waals surface area contributed by atoms with Gasteiger partial charge >= 0.3 is 0 Å². The Morgan fingerprint density at radius 3 is 2.24 bits per heavy atom. The summed E-state index contributed by atoms with van der Waals surface area (Å²) >= 11 is 6.58. The third-order valence-electron chi connectivity index (χ3n) is 2.97. The summed E-state index contributed by atoms with van der Waals surface area (Å²) in [6, 6.07) is 11.9. The van der Waals surface area contributed by atoms with Crippen LogP contribution in [-0.2, 0) is 10.0 Å². The number of hydrogen-bond donors (Lipinski definition) is 0. The quantitative estimate of drug-likeness (QED) is 0.729. The van der Waals surface area contributed by atoms with Gasteiger partial charge < -0.3 is 4.74 Å². The Bertz CT molecular complexity index is 745. The Kier molecular flexibility index (Phi) is 4.95. The first kappa shape index (κ1) is 16.3. The van der Waals surface area contributed by atoms with Crippen LogP contribution in [0.15, 0.2) is 56.3 Å². The molecule has 0 unspecified atom stereocenters. The van der Waals surface area contributed by atoms with E-state index in [9.17, 15) is 8.42 Å². The highest BCUT2D eigenvalue weighted by atomic mass is 79.9. The first-order valence-electron chi connectivity index (χ1n) is 5.94. The molecule has 0 bridgehead atoms. The average molecular weight is 435 g/mol. The fraction of sp³-hybridized carbons (Fsp3) is 0.143. The van der Waals surface area contributed by atoms with Crippen molar-refractivity contribution in [2.75, 3.05) is 18.5 Å². The normalized spacial score (nSPS) is 11.2. The lowest BCUT2D eigenvalue weighted by molar-refractivity contribution is 0.415. The number of halogens is 2. The molecule has 2 aromatic rings. The predicted octanol–water partition coefficient (Wildman–Crippen LogP) is 4.05. The largest absolute Gasteiger partial charge is 0.497 e. The van der Waals surface area contributed by atoms with Crippen LogP contribution in [-0.4, -0.2) is 22.6 Å². The number of benzene rings is 2. The Morgan fingerprint density at radius 1 is 1.05 bits per heavy atom. The third-order valence-corrected chi connectivity index (χ3v) is 6.24. The molecule has 0 spiro atoms. The van der Waals surface area contributed by atoms with E-state index in [2.05, 4.69) is 31.9 Å². The van der Waals surface area contributed by atoms with E-state index in [4.69, 9.17) is 4.74 Å². The van der Waals surface area contributed by atoms with Gasteiger partial charge in [-0.15, -0.1) is 0 Å². The number of anilines is 1. The fourth-order valence-corrected chi connectivity index (χ4v) is 4.41. The summed E-state index contributed by atoms with van der Waals surface area (Å²) in [5, 5.41) is 0. The van der Waals surface area contributed by atoms with E-state index < -0.39 is 10.0 Å². The number of ether oxygens (including phenoxy) is 1. The minimum atomic E-state index is -3.65. The van der Waals surface area contributed by atoms with Gasteiger partial charge in [0, 0.05) is 16.0 Å². The van der Waals surface area contributed by atoms with E-state index in [1.807, 2.05) is 0 Å². The molecule has 2 rings (SSSR count). The topological polar surface area (TPSA) is 46.6 Å². The first-order valence-corrected chi connectivity index (χ1v) is 8.97. The van der Waals surface area contributed by atoms with Crippen molar-refractivity contribution in [3.8, 4) is 5.75 Å². The van der Waals surface area contributed by atoms with Crippen LogP contribution in [0.1, 0.15) is 0 Å². The summed E-state index contributed by atoms with van der Waals surface area (Å²) in [4.78, 5) is 0.204. The highest BCUT2D eigenvalue weighted by Gasteiger charge is 2.24. The lowest BCUT2D eigenvalue weighted by atomic mass is 10.3. The van der Waals surface area contributed by atoms with Gasteiger partial charge in [-0.3, -0.25) is 4.31 Å². The number of methoxy groups -OCH3 is 1. The lowest BCUT2D eigenvalue weighted by Gasteiger charge is -2.20. The van der Waals surface area contributed by atoms with Crippen LogP contribution in [0, 0.1) is 0 Å². The molecule has 7 heteroatoms. The van der Waals surface area contributed by atoms with E-state index >= 15 is 0 Å². The zero-order chi connectivity index (χ0) is 15.6. The zero-order valence-corrected chi connectivity index (χ0v) is 15.4. The molecule has 0 fully saturated rings. The molecular weight excluding hydrogens is 422 g/mol. The predicted molar refractivity (Wildman–Crippen MR) is 90.4 cm³/mol. The molecule has 0 atom stereocenters. The molecule has 2 aromatic carbocycles. The molecule has 0 aromatic heterocycles. The van der Waals surface area contributed by atoms with Crippen molar-refractivity contribution in [2.45, 2.75) is 4.90 Å². The smallest absolute Gasteiger partial charge is 0.265 e. The van der Waals surface area contributed by atoms with Crippen molar-refractivity contribution in [1.29, 1.82) is 0 Å². The Balaban J connectivity index is 2.44. The third kappa shape index (κ3) is 3.41. The van der Waals surface area contributed by atoms with Crippen LogP contribution >= 0.6 is 31.9 Å². The number of rotatable bonds is 4. The molecule has 0 aliphatic heterocycles. The Morgan fingerprint density at radius 2 is 1.67 bits per heavy atom. The second-order valence-corrected chi connectivity index (χ2v) is 7.95. The molecular formula is C14H13Br2NO3S. The fourth-order valence-electron chi connectivity index (χ4n) is 1.75. The van der Waals surface area contributed by atoms with E-state index in [0.29, 0.717) is 20.4 Å².